The van der Waals surface area contributed by atoms with Crippen LogP contribution >= 0.6 is 0 Å². The first-order chi connectivity index (χ1) is 10.2. The summed E-state index contributed by atoms with van der Waals surface area (Å²) in [5.74, 6) is -0.380. The largest absolute Gasteiger partial charge is 0.443 e. The van der Waals surface area contributed by atoms with Crippen LogP contribution in [-0.2, 0) is 18.7 Å². The molecule has 1 fully saturated rings. The summed E-state index contributed by atoms with van der Waals surface area (Å²) in [6, 6.07) is -0.444. The topological polar surface area (TPSA) is 65.1 Å². The van der Waals surface area contributed by atoms with Gasteiger partial charge in [0.05, 0.1) is 19.3 Å². The molecule has 1 aliphatic rings. The summed E-state index contributed by atoms with van der Waals surface area (Å²) in [5.41, 5.74) is -0.652. The van der Waals surface area contributed by atoms with E-state index in [1.165, 1.54) is 0 Å². The molecule has 0 aliphatic carbocycles. The summed E-state index contributed by atoms with van der Waals surface area (Å²) in [5, 5.41) is 0.0588. The molecule has 0 aromatic rings. The Kier molecular flexibility index (Phi) is 6.04. The molecule has 1 saturated heterocycles. The van der Waals surface area contributed by atoms with Crippen LogP contribution < -0.4 is 0 Å². The van der Waals surface area contributed by atoms with Crippen molar-refractivity contribution >= 4 is 20.3 Å². The highest BCUT2D eigenvalue weighted by atomic mass is 28.4. The molecule has 1 rings (SSSR count). The molecule has 1 heterocycles. The van der Waals surface area contributed by atoms with Gasteiger partial charge in [-0.05, 0) is 38.9 Å². The number of imide groups is 1. The molecular weight excluding hydrogens is 314 g/mol. The predicted octanol–water partition coefficient (Wildman–Crippen LogP) is 3.17. The van der Waals surface area contributed by atoms with Gasteiger partial charge in [0.25, 0.3) is 5.91 Å². The molecule has 0 spiro atoms. The van der Waals surface area contributed by atoms with Crippen molar-refractivity contribution < 1.29 is 23.5 Å². The van der Waals surface area contributed by atoms with Gasteiger partial charge in [0.15, 0.2) is 8.32 Å². The zero-order valence-electron chi connectivity index (χ0n) is 15.7. The Labute approximate surface area is 140 Å². The molecule has 0 radical (unpaired) electrons. The van der Waals surface area contributed by atoms with Gasteiger partial charge in [0, 0.05) is 0 Å². The van der Waals surface area contributed by atoms with Crippen LogP contribution in [0.15, 0.2) is 0 Å². The fraction of sp³-hybridized carbons (Fsp3) is 0.875. The quantitative estimate of drug-likeness (QED) is 0.735. The van der Waals surface area contributed by atoms with Gasteiger partial charge in [0.1, 0.15) is 12.2 Å². The lowest BCUT2D eigenvalue weighted by Crippen LogP contribution is -2.56. The molecule has 7 heteroatoms. The molecule has 1 aliphatic heterocycles. The fourth-order valence-electron chi connectivity index (χ4n) is 1.84. The zero-order valence-corrected chi connectivity index (χ0v) is 16.7. The van der Waals surface area contributed by atoms with Crippen LogP contribution in [-0.4, -0.2) is 56.7 Å². The monoisotopic (exact) mass is 345 g/mol. The lowest BCUT2D eigenvalue weighted by molar-refractivity contribution is -0.147. The van der Waals surface area contributed by atoms with E-state index >= 15 is 0 Å². The van der Waals surface area contributed by atoms with Gasteiger partial charge in [0.2, 0.25) is 0 Å². The molecule has 0 saturated carbocycles. The van der Waals surface area contributed by atoms with Gasteiger partial charge in [-0.2, -0.15) is 0 Å². The average molecular weight is 346 g/mol. The normalized spacial score (nSPS) is 20.6. The van der Waals surface area contributed by atoms with Crippen molar-refractivity contribution in [2.45, 2.75) is 71.3 Å². The predicted molar refractivity (Wildman–Crippen MR) is 90.8 cm³/mol. The van der Waals surface area contributed by atoms with E-state index in [0.717, 1.165) is 4.90 Å². The molecule has 0 bridgehead atoms. The van der Waals surface area contributed by atoms with Crippen molar-refractivity contribution in [3.05, 3.63) is 0 Å². The van der Waals surface area contributed by atoms with E-state index in [-0.39, 0.29) is 30.8 Å². The highest BCUT2D eigenvalue weighted by Gasteiger charge is 2.41. The number of hydrogen-bond donors (Lipinski definition) is 0. The van der Waals surface area contributed by atoms with Crippen LogP contribution in [0, 0.1) is 0 Å². The molecule has 0 N–H and O–H groups in total. The van der Waals surface area contributed by atoms with E-state index in [0.29, 0.717) is 0 Å². The molecule has 0 unspecified atom stereocenters. The molecular formula is C16H31NO5Si. The Hall–Kier alpha value is -0.923. The molecule has 23 heavy (non-hydrogen) atoms. The van der Waals surface area contributed by atoms with E-state index in [4.69, 9.17) is 13.9 Å². The number of nitrogens with zero attached hydrogens (tertiary/aromatic N) is 1. The third-order valence-electron chi connectivity index (χ3n) is 4.20. The van der Waals surface area contributed by atoms with Crippen LogP contribution in [0.4, 0.5) is 4.79 Å². The van der Waals surface area contributed by atoms with E-state index < -0.39 is 26.1 Å². The molecule has 134 valence electrons. The number of amides is 2. The van der Waals surface area contributed by atoms with Crippen molar-refractivity contribution in [3.8, 4) is 0 Å². The summed E-state index contributed by atoms with van der Waals surface area (Å²) >= 11 is 0. The third kappa shape index (κ3) is 5.58. The Morgan fingerprint density at radius 2 is 1.83 bits per heavy atom. The van der Waals surface area contributed by atoms with E-state index in [1.807, 2.05) is 0 Å². The summed E-state index contributed by atoms with van der Waals surface area (Å²) < 4.78 is 16.8. The van der Waals surface area contributed by atoms with Crippen LogP contribution in [0.2, 0.25) is 18.1 Å². The first-order valence-corrected chi connectivity index (χ1v) is 10.9. The maximum absolute atomic E-state index is 12.3. The maximum Gasteiger partial charge on any atom is 0.417 e. The first-order valence-electron chi connectivity index (χ1n) is 8.01. The number of carbonyl (C=O) groups excluding carboxylic acids is 2. The highest BCUT2D eigenvalue weighted by molar-refractivity contribution is 6.74. The smallest absolute Gasteiger partial charge is 0.417 e. The second-order valence-corrected chi connectivity index (χ2v) is 13.3. The molecule has 6 nitrogen and oxygen atoms in total. The Balaban J connectivity index is 2.82. The van der Waals surface area contributed by atoms with Crippen molar-refractivity contribution in [3.63, 3.8) is 0 Å². The minimum absolute atomic E-state index is 0.0588. The maximum atomic E-state index is 12.3. The third-order valence-corrected chi connectivity index (χ3v) is 8.70. The van der Waals surface area contributed by atoms with Crippen molar-refractivity contribution in [2.75, 3.05) is 19.8 Å². The average Bonchev–Trinajstić information content (AvgIpc) is 2.32. The second-order valence-electron chi connectivity index (χ2n) is 8.48. The number of morpholine rings is 1. The summed E-state index contributed by atoms with van der Waals surface area (Å²) in [6.45, 7) is 16.5. The second kappa shape index (κ2) is 6.90. The van der Waals surface area contributed by atoms with Gasteiger partial charge in [-0.15, -0.1) is 0 Å². The van der Waals surface area contributed by atoms with Crippen LogP contribution in [0.5, 0.6) is 0 Å². The molecule has 2 amide bonds. The summed E-state index contributed by atoms with van der Waals surface area (Å²) in [4.78, 5) is 25.6. The number of rotatable bonds is 3. The van der Waals surface area contributed by atoms with Crippen molar-refractivity contribution in [2.24, 2.45) is 0 Å². The van der Waals surface area contributed by atoms with E-state index in [1.54, 1.807) is 20.8 Å². The Bertz CT molecular complexity index is 450. The summed E-state index contributed by atoms with van der Waals surface area (Å²) in [7, 11) is -1.97. The van der Waals surface area contributed by atoms with Crippen LogP contribution in [0.25, 0.3) is 0 Å². The van der Waals surface area contributed by atoms with E-state index in [9.17, 15) is 9.59 Å². The minimum atomic E-state index is -1.97. The van der Waals surface area contributed by atoms with Crippen molar-refractivity contribution in [1.82, 2.24) is 4.90 Å². The van der Waals surface area contributed by atoms with E-state index in [2.05, 4.69) is 33.9 Å². The van der Waals surface area contributed by atoms with Crippen LogP contribution in [0.1, 0.15) is 41.5 Å². The molecule has 0 aromatic carbocycles. The van der Waals surface area contributed by atoms with Gasteiger partial charge >= 0.3 is 6.09 Å². The molecule has 0 aromatic heterocycles. The minimum Gasteiger partial charge on any atom is -0.443 e. The first kappa shape index (κ1) is 20.1. The Morgan fingerprint density at radius 1 is 1.26 bits per heavy atom. The van der Waals surface area contributed by atoms with Gasteiger partial charge < -0.3 is 13.9 Å². The number of ether oxygens (including phenoxy) is 2. The number of hydrogen-bond acceptors (Lipinski definition) is 5. The fourth-order valence-corrected chi connectivity index (χ4v) is 2.88. The van der Waals surface area contributed by atoms with Crippen LogP contribution in [0.3, 0.4) is 0 Å². The lowest BCUT2D eigenvalue weighted by atomic mass is 10.2. The Morgan fingerprint density at radius 3 is 2.30 bits per heavy atom. The summed E-state index contributed by atoms with van der Waals surface area (Å²) in [6.07, 6.45) is -0.630. The standard InChI is InChI=1S/C16H31NO5Si/c1-15(2,3)22-14(19)17-12(9-20-11-13(17)18)10-21-23(7,8)16(4,5)6/h12H,9-11H2,1-8H3/t12-/m0/s1. The lowest BCUT2D eigenvalue weighted by Gasteiger charge is -2.40. The number of carbonyl (C=O) groups is 2. The SMILES string of the molecule is CC(C)(C)OC(=O)N1C(=O)COC[C@H]1CO[Si](C)(C)C(C)(C)C. The highest BCUT2D eigenvalue weighted by Crippen LogP contribution is 2.36. The zero-order chi connectivity index (χ0) is 18.1. The van der Waals surface area contributed by atoms with Gasteiger partial charge in [-0.25, -0.2) is 9.69 Å². The van der Waals surface area contributed by atoms with Gasteiger partial charge in [-0.3, -0.25) is 4.79 Å². The van der Waals surface area contributed by atoms with Gasteiger partial charge in [-0.1, -0.05) is 20.8 Å². The van der Waals surface area contributed by atoms with Crippen molar-refractivity contribution in [1.29, 1.82) is 0 Å². The molecule has 1 atom stereocenters.